The van der Waals surface area contributed by atoms with Gasteiger partial charge in [-0.05, 0) is 51.1 Å². The van der Waals surface area contributed by atoms with E-state index in [9.17, 15) is 4.79 Å². The van der Waals surface area contributed by atoms with Crippen LogP contribution in [0.1, 0.15) is 40.6 Å². The largest absolute Gasteiger partial charge is 0.497 e. The van der Waals surface area contributed by atoms with Crippen LogP contribution in [0.5, 0.6) is 5.75 Å². The van der Waals surface area contributed by atoms with E-state index in [0.29, 0.717) is 17.1 Å². The Morgan fingerprint density at radius 2 is 1.96 bits per heavy atom. The van der Waals surface area contributed by atoms with Gasteiger partial charge in [0.2, 0.25) is 0 Å². The fourth-order valence-corrected chi connectivity index (χ4v) is 2.56. The fourth-order valence-electron chi connectivity index (χ4n) is 2.56. The van der Waals surface area contributed by atoms with Crippen molar-refractivity contribution in [2.24, 2.45) is 0 Å². The monoisotopic (exact) mass is 313 g/mol. The Kier molecular flexibility index (Phi) is 3.86. The van der Waals surface area contributed by atoms with Gasteiger partial charge in [0.25, 0.3) is 5.91 Å². The first-order chi connectivity index (χ1) is 11.0. The average Bonchev–Trinajstić information content (AvgIpc) is 3.11. The van der Waals surface area contributed by atoms with Crippen LogP contribution in [-0.4, -0.2) is 13.0 Å². The number of methoxy groups -OCH3 is 1. The number of hydrogen-bond acceptors (Lipinski definition) is 4. The van der Waals surface area contributed by atoms with Crippen LogP contribution in [0.4, 0.5) is 0 Å². The number of nitrogens with one attached hydrogen (secondary N) is 1. The molecule has 0 bridgehead atoms. The summed E-state index contributed by atoms with van der Waals surface area (Å²) in [6, 6.07) is 8.97. The first-order valence-electron chi connectivity index (χ1n) is 7.44. The summed E-state index contributed by atoms with van der Waals surface area (Å²) in [5.41, 5.74) is 1.45. The Balaban J connectivity index is 1.87. The summed E-state index contributed by atoms with van der Waals surface area (Å²) in [6.45, 7) is 5.61. The number of carbonyl (C=O) groups is 1. The van der Waals surface area contributed by atoms with Crippen molar-refractivity contribution in [1.29, 1.82) is 0 Å². The first-order valence-corrected chi connectivity index (χ1v) is 7.44. The zero-order chi connectivity index (χ0) is 16.6. The number of fused-ring (bicyclic) bond motifs is 1. The number of hydrogen-bond donors (Lipinski definition) is 1. The minimum absolute atomic E-state index is 0.238. The fraction of sp³-hybridized carbons (Fsp3) is 0.278. The predicted molar refractivity (Wildman–Crippen MR) is 86.8 cm³/mol. The van der Waals surface area contributed by atoms with Gasteiger partial charge in [-0.3, -0.25) is 4.79 Å². The molecule has 3 rings (SSSR count). The maximum Gasteiger partial charge on any atom is 0.287 e. The molecule has 0 saturated carbocycles. The summed E-state index contributed by atoms with van der Waals surface area (Å²) >= 11 is 0. The van der Waals surface area contributed by atoms with E-state index in [1.165, 1.54) is 0 Å². The Bertz CT molecular complexity index is 859. The van der Waals surface area contributed by atoms with Gasteiger partial charge < -0.3 is 18.9 Å². The molecule has 120 valence electrons. The molecule has 1 atom stereocenters. The number of carbonyl (C=O) groups excluding carboxylic acids is 1. The van der Waals surface area contributed by atoms with Crippen LogP contribution < -0.4 is 10.1 Å². The minimum atomic E-state index is -0.265. The van der Waals surface area contributed by atoms with E-state index in [2.05, 4.69) is 5.32 Å². The van der Waals surface area contributed by atoms with Crippen molar-refractivity contribution in [2.75, 3.05) is 7.11 Å². The van der Waals surface area contributed by atoms with Crippen LogP contribution in [0.2, 0.25) is 0 Å². The molecule has 0 aliphatic heterocycles. The summed E-state index contributed by atoms with van der Waals surface area (Å²) in [4.78, 5) is 12.5. The Labute approximate surface area is 134 Å². The lowest BCUT2D eigenvalue weighted by atomic mass is 10.1. The molecular formula is C18H19NO4. The zero-order valence-electron chi connectivity index (χ0n) is 13.6. The molecule has 2 aromatic heterocycles. The highest BCUT2D eigenvalue weighted by Gasteiger charge is 2.21. The summed E-state index contributed by atoms with van der Waals surface area (Å²) in [5, 5.41) is 3.77. The molecule has 1 aromatic carbocycles. The van der Waals surface area contributed by atoms with Gasteiger partial charge in [-0.1, -0.05) is 0 Å². The second-order valence-corrected chi connectivity index (χ2v) is 5.56. The molecule has 0 aliphatic rings. The van der Waals surface area contributed by atoms with Crippen molar-refractivity contribution in [3.05, 3.63) is 53.2 Å². The van der Waals surface area contributed by atoms with Crippen LogP contribution in [0.25, 0.3) is 11.0 Å². The lowest BCUT2D eigenvalue weighted by molar-refractivity contribution is 0.0908. The van der Waals surface area contributed by atoms with E-state index in [1.54, 1.807) is 19.2 Å². The number of benzene rings is 1. The van der Waals surface area contributed by atoms with Gasteiger partial charge in [0.1, 0.15) is 22.9 Å². The Morgan fingerprint density at radius 1 is 1.17 bits per heavy atom. The molecule has 0 radical (unpaired) electrons. The normalized spacial score (nSPS) is 12.3. The van der Waals surface area contributed by atoms with Gasteiger partial charge in [-0.15, -0.1) is 0 Å². The molecule has 1 unspecified atom stereocenters. The highest BCUT2D eigenvalue weighted by Crippen LogP contribution is 2.29. The molecule has 5 heteroatoms. The van der Waals surface area contributed by atoms with E-state index in [1.807, 2.05) is 39.0 Å². The topological polar surface area (TPSA) is 64.6 Å². The molecule has 3 aromatic rings. The summed E-state index contributed by atoms with van der Waals surface area (Å²) in [5.74, 6) is 2.30. The number of rotatable bonds is 4. The zero-order valence-corrected chi connectivity index (χ0v) is 13.6. The SMILES string of the molecule is COc1ccc2oc(C(=O)NC(C)c3ccc(C)o3)c(C)c2c1. The highest BCUT2D eigenvalue weighted by molar-refractivity contribution is 5.99. The molecule has 1 N–H and O–H groups in total. The van der Waals surface area contributed by atoms with E-state index in [-0.39, 0.29) is 11.9 Å². The highest BCUT2D eigenvalue weighted by atomic mass is 16.5. The molecule has 23 heavy (non-hydrogen) atoms. The maximum absolute atomic E-state index is 12.5. The maximum atomic E-state index is 12.5. The smallest absolute Gasteiger partial charge is 0.287 e. The third-order valence-corrected chi connectivity index (χ3v) is 3.89. The second-order valence-electron chi connectivity index (χ2n) is 5.56. The summed E-state index contributed by atoms with van der Waals surface area (Å²) in [7, 11) is 1.61. The number of aryl methyl sites for hydroxylation is 2. The number of amides is 1. The van der Waals surface area contributed by atoms with Crippen molar-refractivity contribution in [1.82, 2.24) is 5.32 Å². The van der Waals surface area contributed by atoms with E-state index >= 15 is 0 Å². The van der Waals surface area contributed by atoms with Crippen molar-refractivity contribution < 1.29 is 18.4 Å². The molecule has 5 nitrogen and oxygen atoms in total. The minimum Gasteiger partial charge on any atom is -0.497 e. The lowest BCUT2D eigenvalue weighted by Gasteiger charge is -2.10. The summed E-state index contributed by atoms with van der Waals surface area (Å²) in [6.07, 6.45) is 0. The van der Waals surface area contributed by atoms with Crippen molar-refractivity contribution in [3.8, 4) is 5.75 Å². The van der Waals surface area contributed by atoms with Gasteiger partial charge in [-0.25, -0.2) is 0 Å². The quantitative estimate of drug-likeness (QED) is 0.786. The number of ether oxygens (including phenoxy) is 1. The van der Waals surface area contributed by atoms with Crippen molar-refractivity contribution in [2.45, 2.75) is 26.8 Å². The van der Waals surface area contributed by atoms with Gasteiger partial charge >= 0.3 is 0 Å². The summed E-state index contributed by atoms with van der Waals surface area (Å²) < 4.78 is 16.5. The van der Waals surface area contributed by atoms with Crippen LogP contribution in [0, 0.1) is 13.8 Å². The molecule has 0 saturated heterocycles. The van der Waals surface area contributed by atoms with E-state index in [0.717, 1.165) is 22.5 Å². The molecule has 2 heterocycles. The van der Waals surface area contributed by atoms with Gasteiger partial charge in [0.15, 0.2) is 5.76 Å². The Hall–Kier alpha value is -2.69. The van der Waals surface area contributed by atoms with Gasteiger partial charge in [0, 0.05) is 10.9 Å². The molecule has 0 aliphatic carbocycles. The lowest BCUT2D eigenvalue weighted by Crippen LogP contribution is -2.26. The van der Waals surface area contributed by atoms with Crippen LogP contribution in [0.3, 0.4) is 0 Å². The molecular weight excluding hydrogens is 294 g/mol. The molecule has 0 fully saturated rings. The van der Waals surface area contributed by atoms with Gasteiger partial charge in [-0.2, -0.15) is 0 Å². The first kappa shape index (κ1) is 15.2. The third kappa shape index (κ3) is 2.82. The van der Waals surface area contributed by atoms with Crippen molar-refractivity contribution in [3.63, 3.8) is 0 Å². The van der Waals surface area contributed by atoms with Gasteiger partial charge in [0.05, 0.1) is 13.2 Å². The van der Waals surface area contributed by atoms with E-state index in [4.69, 9.17) is 13.6 Å². The van der Waals surface area contributed by atoms with Crippen LogP contribution in [0.15, 0.2) is 39.2 Å². The van der Waals surface area contributed by atoms with Crippen molar-refractivity contribution >= 4 is 16.9 Å². The average molecular weight is 313 g/mol. The number of furan rings is 2. The van der Waals surface area contributed by atoms with Crippen LogP contribution in [-0.2, 0) is 0 Å². The standard InChI is InChI=1S/C18H19NO4/c1-10-5-7-15(22-10)12(3)19-18(20)17-11(2)14-9-13(21-4)6-8-16(14)23-17/h5-9,12H,1-4H3,(H,19,20). The predicted octanol–water partition coefficient (Wildman–Crippen LogP) is 4.14. The van der Waals surface area contributed by atoms with Crippen LogP contribution >= 0.6 is 0 Å². The second kappa shape index (κ2) is 5.83. The molecule has 1 amide bonds. The molecule has 0 spiro atoms. The van der Waals surface area contributed by atoms with E-state index < -0.39 is 0 Å². The third-order valence-electron chi connectivity index (χ3n) is 3.89. The Morgan fingerprint density at radius 3 is 2.61 bits per heavy atom.